The molecule has 38 heavy (non-hydrogen) atoms. The van der Waals surface area contributed by atoms with E-state index < -0.39 is 0 Å². The molecule has 2 atom stereocenters. The predicted octanol–water partition coefficient (Wildman–Crippen LogP) is 6.80. The van der Waals surface area contributed by atoms with Crippen LogP contribution in [0.25, 0.3) is 22.3 Å². The highest BCUT2D eigenvalue weighted by molar-refractivity contribution is 8.01. The lowest BCUT2D eigenvalue weighted by molar-refractivity contribution is 0.359. The number of hydrogen-bond donors (Lipinski definition) is 2. The standard InChI is InChI=1S/C32H34N4S2/c1-3-20(4-2-19(1)23-15-27(35-17-23)31-33-11-13-37-31)25-9-10-26(30-22-7-5-21(6-8-22)29(25)30)24-16-28(36-18-24)32-34-12-14-38-32/h1-4,9-10,17-18,21-22,31-34H,5-8,11-16H2/t21?,22?,31-,32-/m0/s1. The number of fused-ring (bicyclic) bond motifs is 2. The molecule has 7 aliphatic rings. The van der Waals surface area contributed by atoms with Gasteiger partial charge in [-0.25, -0.2) is 0 Å². The first-order chi connectivity index (χ1) is 18.8. The van der Waals surface area contributed by atoms with Crippen molar-refractivity contribution in [2.45, 2.75) is 61.1 Å². The Kier molecular flexibility index (Phi) is 6.13. The van der Waals surface area contributed by atoms with Crippen LogP contribution in [0.2, 0.25) is 0 Å². The lowest BCUT2D eigenvalue weighted by atomic mass is 9.63. The summed E-state index contributed by atoms with van der Waals surface area (Å²) < 4.78 is 0. The van der Waals surface area contributed by atoms with E-state index in [0.717, 1.165) is 25.9 Å². The van der Waals surface area contributed by atoms with E-state index in [-0.39, 0.29) is 0 Å². The van der Waals surface area contributed by atoms with E-state index in [1.165, 1.54) is 82.0 Å². The molecule has 2 bridgehead atoms. The highest BCUT2D eigenvalue weighted by Crippen LogP contribution is 2.55. The van der Waals surface area contributed by atoms with Crippen LogP contribution in [0.3, 0.4) is 0 Å². The molecule has 4 aliphatic heterocycles. The average Bonchev–Trinajstić information content (AvgIpc) is 3.80. The van der Waals surface area contributed by atoms with Crippen LogP contribution in [0.4, 0.5) is 0 Å². The summed E-state index contributed by atoms with van der Waals surface area (Å²) in [5, 5.41) is 7.98. The van der Waals surface area contributed by atoms with Crippen LogP contribution in [0.5, 0.6) is 0 Å². The van der Waals surface area contributed by atoms with Crippen LogP contribution < -0.4 is 10.6 Å². The third kappa shape index (κ3) is 4.07. The Bertz CT molecular complexity index is 1380. The molecule has 3 aliphatic carbocycles. The third-order valence-electron chi connectivity index (χ3n) is 9.30. The van der Waals surface area contributed by atoms with Gasteiger partial charge < -0.3 is 0 Å². The number of thioether (sulfide) groups is 2. The molecule has 1 saturated carbocycles. The van der Waals surface area contributed by atoms with Gasteiger partial charge in [0, 0.05) is 61.3 Å². The fourth-order valence-electron chi connectivity index (χ4n) is 7.42. The number of nitrogens with zero attached hydrogens (tertiary/aromatic N) is 2. The minimum Gasteiger partial charge on any atom is -0.300 e. The van der Waals surface area contributed by atoms with E-state index in [4.69, 9.17) is 9.98 Å². The fourth-order valence-corrected chi connectivity index (χ4v) is 9.51. The van der Waals surface area contributed by atoms with Gasteiger partial charge in [-0.1, -0.05) is 36.4 Å². The zero-order valence-corrected chi connectivity index (χ0v) is 23.3. The Labute approximate surface area is 234 Å². The van der Waals surface area contributed by atoms with E-state index >= 15 is 0 Å². The number of benzene rings is 2. The first kappa shape index (κ1) is 23.7. The maximum Gasteiger partial charge on any atom is 0.0926 e. The molecule has 2 saturated heterocycles. The summed E-state index contributed by atoms with van der Waals surface area (Å²) in [5.41, 5.74) is 14.3. The summed E-state index contributed by atoms with van der Waals surface area (Å²) >= 11 is 3.98. The molecule has 4 heterocycles. The normalized spacial score (nSPS) is 29.8. The Morgan fingerprint density at radius 3 is 1.74 bits per heavy atom. The van der Waals surface area contributed by atoms with E-state index in [0.29, 0.717) is 22.6 Å². The molecule has 0 amide bonds. The molecule has 6 heteroatoms. The monoisotopic (exact) mass is 538 g/mol. The zero-order chi connectivity index (χ0) is 25.1. The topological polar surface area (TPSA) is 48.8 Å². The number of hydrogen-bond acceptors (Lipinski definition) is 6. The quantitative estimate of drug-likeness (QED) is 0.439. The third-order valence-corrected chi connectivity index (χ3v) is 11.7. The van der Waals surface area contributed by atoms with Crippen molar-refractivity contribution in [1.29, 1.82) is 0 Å². The van der Waals surface area contributed by atoms with Crippen LogP contribution in [-0.2, 0) is 0 Å². The van der Waals surface area contributed by atoms with Crippen molar-refractivity contribution in [2.24, 2.45) is 9.98 Å². The minimum atomic E-state index is 0.396. The maximum absolute atomic E-state index is 4.90. The second-order valence-corrected chi connectivity index (χ2v) is 13.9. The van der Waals surface area contributed by atoms with E-state index in [1.807, 2.05) is 23.5 Å². The first-order valence-corrected chi connectivity index (χ1v) is 16.4. The van der Waals surface area contributed by atoms with Crippen LogP contribution in [0.15, 0.2) is 58.8 Å². The van der Waals surface area contributed by atoms with Crippen molar-refractivity contribution in [3.63, 3.8) is 0 Å². The Balaban J connectivity index is 1.08. The van der Waals surface area contributed by atoms with Crippen molar-refractivity contribution in [2.75, 3.05) is 24.6 Å². The summed E-state index contributed by atoms with van der Waals surface area (Å²) in [5.74, 6) is 3.77. The minimum absolute atomic E-state index is 0.396. The molecule has 2 N–H and O–H groups in total. The van der Waals surface area contributed by atoms with Crippen LogP contribution in [-0.4, -0.2) is 46.8 Å². The number of aliphatic imine (C=N–C) groups is 2. The van der Waals surface area contributed by atoms with Crippen LogP contribution in [0, 0.1) is 0 Å². The van der Waals surface area contributed by atoms with E-state index in [1.54, 1.807) is 11.1 Å². The number of nitrogens with one attached hydrogen (secondary N) is 2. The number of rotatable bonds is 5. The Morgan fingerprint density at radius 2 is 1.13 bits per heavy atom. The van der Waals surface area contributed by atoms with Crippen molar-refractivity contribution in [3.8, 4) is 11.1 Å². The lowest BCUT2D eigenvalue weighted by Crippen LogP contribution is -2.28. The second-order valence-electron chi connectivity index (χ2n) is 11.4. The molecular weight excluding hydrogens is 505 g/mol. The fraction of sp³-hybridized carbons (Fsp3) is 0.438. The molecule has 194 valence electrons. The second kappa shape index (κ2) is 9.81. The molecule has 9 rings (SSSR count). The number of allylic oxidation sites excluding steroid dienone is 2. The molecular formula is C32H34N4S2. The van der Waals surface area contributed by atoms with Gasteiger partial charge in [-0.15, -0.1) is 23.5 Å². The van der Waals surface area contributed by atoms with Crippen molar-refractivity contribution < 1.29 is 0 Å². The summed E-state index contributed by atoms with van der Waals surface area (Å²) in [6, 6.07) is 14.2. The summed E-state index contributed by atoms with van der Waals surface area (Å²) in [6.07, 6.45) is 11.6. The van der Waals surface area contributed by atoms with Crippen molar-refractivity contribution in [1.82, 2.24) is 10.6 Å². The SMILES string of the molecule is C1=C(c2ccc(-c3ccc(C4=CN=C([C@H]5NCCS5)C4)c4c3C3CCC4CC3)cc2)CC([C@H]2NCCS2)=N1. The first-order valence-electron chi connectivity index (χ1n) is 14.3. The highest BCUT2D eigenvalue weighted by Gasteiger charge is 2.37. The summed E-state index contributed by atoms with van der Waals surface area (Å²) in [7, 11) is 0. The van der Waals surface area contributed by atoms with Crippen LogP contribution in [0.1, 0.15) is 72.6 Å². The molecule has 2 aromatic rings. The maximum atomic E-state index is 4.90. The van der Waals surface area contributed by atoms with Gasteiger partial charge in [0.25, 0.3) is 0 Å². The van der Waals surface area contributed by atoms with Gasteiger partial charge in [-0.05, 0) is 82.0 Å². The van der Waals surface area contributed by atoms with Gasteiger partial charge in [-0.2, -0.15) is 0 Å². The van der Waals surface area contributed by atoms with Crippen LogP contribution >= 0.6 is 23.5 Å². The van der Waals surface area contributed by atoms with E-state index in [9.17, 15) is 0 Å². The van der Waals surface area contributed by atoms with Crippen molar-refractivity contribution in [3.05, 3.63) is 71.1 Å². The molecule has 4 nitrogen and oxygen atoms in total. The molecule has 0 spiro atoms. The van der Waals surface area contributed by atoms with Gasteiger partial charge in [-0.3, -0.25) is 20.6 Å². The van der Waals surface area contributed by atoms with Gasteiger partial charge in [0.2, 0.25) is 0 Å². The highest BCUT2D eigenvalue weighted by atomic mass is 32.2. The Morgan fingerprint density at radius 1 is 0.605 bits per heavy atom. The molecule has 0 unspecified atom stereocenters. The van der Waals surface area contributed by atoms with Gasteiger partial charge >= 0.3 is 0 Å². The lowest BCUT2D eigenvalue weighted by Gasteiger charge is -2.41. The van der Waals surface area contributed by atoms with E-state index in [2.05, 4.69) is 59.4 Å². The predicted molar refractivity (Wildman–Crippen MR) is 164 cm³/mol. The summed E-state index contributed by atoms with van der Waals surface area (Å²) in [6.45, 7) is 2.18. The van der Waals surface area contributed by atoms with Gasteiger partial charge in [0.15, 0.2) is 0 Å². The molecule has 3 fully saturated rings. The largest absolute Gasteiger partial charge is 0.300 e. The van der Waals surface area contributed by atoms with Crippen molar-refractivity contribution >= 4 is 46.1 Å². The molecule has 2 aromatic carbocycles. The molecule has 0 aromatic heterocycles. The average molecular weight is 539 g/mol. The Hall–Kier alpha value is -2.12. The molecule has 0 radical (unpaired) electrons. The smallest absolute Gasteiger partial charge is 0.0926 e. The zero-order valence-electron chi connectivity index (χ0n) is 21.7. The summed E-state index contributed by atoms with van der Waals surface area (Å²) in [4.78, 5) is 9.67. The van der Waals surface area contributed by atoms with Gasteiger partial charge in [0.1, 0.15) is 0 Å². The van der Waals surface area contributed by atoms with Gasteiger partial charge in [0.05, 0.1) is 10.7 Å².